The third-order valence-corrected chi connectivity index (χ3v) is 2.71. The second kappa shape index (κ2) is 3.80. The maximum absolute atomic E-state index is 13.7. The molecule has 3 nitrogen and oxygen atoms in total. The molecular formula is C13H9F2N3. The van der Waals surface area contributed by atoms with Crippen LogP contribution in [0.3, 0.4) is 0 Å². The van der Waals surface area contributed by atoms with E-state index in [1.807, 2.05) is 0 Å². The summed E-state index contributed by atoms with van der Waals surface area (Å²) in [5.41, 5.74) is 6.80. The third kappa shape index (κ3) is 1.60. The number of nitrogens with one attached hydrogen (secondary N) is 1. The number of nitrogens with zero attached hydrogens (tertiary/aromatic N) is 1. The first kappa shape index (κ1) is 10.7. The van der Waals surface area contributed by atoms with Crippen LogP contribution in [0.5, 0.6) is 0 Å². The van der Waals surface area contributed by atoms with Crippen LogP contribution in [-0.4, -0.2) is 9.97 Å². The van der Waals surface area contributed by atoms with Crippen molar-refractivity contribution >= 4 is 16.7 Å². The summed E-state index contributed by atoms with van der Waals surface area (Å²) in [5, 5.41) is 0. The molecule has 0 radical (unpaired) electrons. The average molecular weight is 245 g/mol. The fourth-order valence-corrected chi connectivity index (χ4v) is 1.85. The first-order valence-electron chi connectivity index (χ1n) is 5.35. The van der Waals surface area contributed by atoms with E-state index in [4.69, 9.17) is 5.73 Å². The Labute approximate surface area is 101 Å². The standard InChI is InChI=1S/C13H9F2N3/c14-9-2-1-3-11-12(9)18-13(17-11)8-5-4-7(16)6-10(8)15/h1-6H,16H2,(H,17,18). The minimum Gasteiger partial charge on any atom is -0.399 e. The monoisotopic (exact) mass is 245 g/mol. The van der Waals surface area contributed by atoms with Gasteiger partial charge >= 0.3 is 0 Å². The highest BCUT2D eigenvalue weighted by molar-refractivity contribution is 5.80. The predicted octanol–water partition coefficient (Wildman–Crippen LogP) is 3.09. The lowest BCUT2D eigenvalue weighted by molar-refractivity contribution is 0.630. The number of aromatic amines is 1. The van der Waals surface area contributed by atoms with Crippen molar-refractivity contribution in [1.29, 1.82) is 0 Å². The summed E-state index contributed by atoms with van der Waals surface area (Å²) >= 11 is 0. The van der Waals surface area contributed by atoms with E-state index in [9.17, 15) is 8.78 Å². The number of hydrogen-bond acceptors (Lipinski definition) is 2. The van der Waals surface area contributed by atoms with Crippen molar-refractivity contribution < 1.29 is 8.78 Å². The first-order valence-corrected chi connectivity index (χ1v) is 5.35. The summed E-state index contributed by atoms with van der Waals surface area (Å²) in [7, 11) is 0. The Hall–Kier alpha value is -2.43. The Morgan fingerprint density at radius 3 is 2.61 bits per heavy atom. The number of fused-ring (bicyclic) bond motifs is 1. The van der Waals surface area contributed by atoms with Gasteiger partial charge in [0.25, 0.3) is 0 Å². The van der Waals surface area contributed by atoms with E-state index in [-0.39, 0.29) is 16.9 Å². The van der Waals surface area contributed by atoms with Gasteiger partial charge in [0.2, 0.25) is 0 Å². The summed E-state index contributed by atoms with van der Waals surface area (Å²) in [6.45, 7) is 0. The normalized spacial score (nSPS) is 11.0. The molecule has 0 aliphatic rings. The van der Waals surface area contributed by atoms with E-state index in [1.165, 1.54) is 18.2 Å². The van der Waals surface area contributed by atoms with Gasteiger partial charge in [-0.3, -0.25) is 0 Å². The highest BCUT2D eigenvalue weighted by Crippen LogP contribution is 2.25. The molecule has 3 rings (SSSR count). The summed E-state index contributed by atoms with van der Waals surface area (Å²) in [6.07, 6.45) is 0. The second-order valence-electron chi connectivity index (χ2n) is 3.96. The number of H-pyrrole nitrogens is 1. The lowest BCUT2D eigenvalue weighted by Crippen LogP contribution is -1.90. The molecule has 90 valence electrons. The Morgan fingerprint density at radius 1 is 1.06 bits per heavy atom. The Morgan fingerprint density at radius 2 is 1.89 bits per heavy atom. The van der Waals surface area contributed by atoms with Crippen molar-refractivity contribution in [2.24, 2.45) is 0 Å². The molecule has 1 heterocycles. The average Bonchev–Trinajstić information content (AvgIpc) is 2.74. The number of benzene rings is 2. The molecule has 0 amide bonds. The molecule has 0 bridgehead atoms. The smallest absolute Gasteiger partial charge is 0.151 e. The predicted molar refractivity (Wildman–Crippen MR) is 65.9 cm³/mol. The van der Waals surface area contributed by atoms with Crippen molar-refractivity contribution in [2.75, 3.05) is 5.73 Å². The van der Waals surface area contributed by atoms with E-state index in [0.717, 1.165) is 0 Å². The van der Waals surface area contributed by atoms with Crippen LogP contribution >= 0.6 is 0 Å². The summed E-state index contributed by atoms with van der Waals surface area (Å²) in [5.74, 6) is -0.645. The Bertz CT molecular complexity index is 734. The van der Waals surface area contributed by atoms with Crippen molar-refractivity contribution in [2.45, 2.75) is 0 Å². The van der Waals surface area contributed by atoms with E-state index < -0.39 is 11.6 Å². The molecule has 2 aromatic carbocycles. The zero-order valence-corrected chi connectivity index (χ0v) is 9.24. The third-order valence-electron chi connectivity index (χ3n) is 2.71. The summed E-state index contributed by atoms with van der Waals surface area (Å²) in [6, 6.07) is 8.86. The molecule has 3 aromatic rings. The number of anilines is 1. The molecule has 0 saturated carbocycles. The number of halogens is 2. The molecule has 0 aliphatic carbocycles. The van der Waals surface area contributed by atoms with Crippen LogP contribution in [0.4, 0.5) is 14.5 Å². The second-order valence-corrected chi connectivity index (χ2v) is 3.96. The Balaban J connectivity index is 2.23. The van der Waals surface area contributed by atoms with Gasteiger partial charge in [-0.2, -0.15) is 0 Å². The first-order chi connectivity index (χ1) is 8.65. The minimum absolute atomic E-state index is 0.198. The van der Waals surface area contributed by atoms with Crippen LogP contribution in [0.15, 0.2) is 36.4 Å². The van der Waals surface area contributed by atoms with E-state index in [0.29, 0.717) is 11.2 Å². The number of aromatic nitrogens is 2. The van der Waals surface area contributed by atoms with Gasteiger partial charge in [-0.05, 0) is 30.3 Å². The van der Waals surface area contributed by atoms with Crippen LogP contribution in [0.1, 0.15) is 0 Å². The summed E-state index contributed by atoms with van der Waals surface area (Å²) in [4.78, 5) is 6.94. The maximum atomic E-state index is 13.7. The zero-order valence-electron chi connectivity index (χ0n) is 9.24. The van der Waals surface area contributed by atoms with E-state index in [2.05, 4.69) is 9.97 Å². The molecular weight excluding hydrogens is 236 g/mol. The largest absolute Gasteiger partial charge is 0.399 e. The SMILES string of the molecule is Nc1ccc(-c2nc3c(F)cccc3[nH]2)c(F)c1. The molecule has 0 aliphatic heterocycles. The van der Waals surface area contributed by atoms with E-state index in [1.54, 1.807) is 18.2 Å². The molecule has 0 spiro atoms. The van der Waals surface area contributed by atoms with Crippen molar-refractivity contribution in [1.82, 2.24) is 9.97 Å². The van der Waals surface area contributed by atoms with Gasteiger partial charge < -0.3 is 10.7 Å². The molecule has 1 aromatic heterocycles. The fraction of sp³-hybridized carbons (Fsp3) is 0. The van der Waals surface area contributed by atoms with Crippen molar-refractivity contribution in [3.63, 3.8) is 0 Å². The number of nitrogens with two attached hydrogens (primary N) is 1. The van der Waals surface area contributed by atoms with Gasteiger partial charge in [0, 0.05) is 5.69 Å². The maximum Gasteiger partial charge on any atom is 0.151 e. The van der Waals surface area contributed by atoms with Gasteiger partial charge in [-0.25, -0.2) is 13.8 Å². The van der Waals surface area contributed by atoms with Gasteiger partial charge in [-0.15, -0.1) is 0 Å². The van der Waals surface area contributed by atoms with Crippen molar-refractivity contribution in [3.05, 3.63) is 48.0 Å². The zero-order chi connectivity index (χ0) is 12.7. The van der Waals surface area contributed by atoms with Crippen LogP contribution in [0.2, 0.25) is 0 Å². The number of rotatable bonds is 1. The number of para-hydroxylation sites is 1. The summed E-state index contributed by atoms with van der Waals surface area (Å²) < 4.78 is 27.2. The van der Waals surface area contributed by atoms with Gasteiger partial charge in [0.1, 0.15) is 17.2 Å². The number of hydrogen-bond donors (Lipinski definition) is 2. The van der Waals surface area contributed by atoms with Gasteiger partial charge in [0.05, 0.1) is 11.1 Å². The van der Waals surface area contributed by atoms with Crippen molar-refractivity contribution in [3.8, 4) is 11.4 Å². The molecule has 0 fully saturated rings. The molecule has 0 unspecified atom stereocenters. The molecule has 3 N–H and O–H groups in total. The molecule has 0 atom stereocenters. The lowest BCUT2D eigenvalue weighted by atomic mass is 10.2. The van der Waals surface area contributed by atoms with Crippen LogP contribution < -0.4 is 5.73 Å². The molecule has 18 heavy (non-hydrogen) atoms. The van der Waals surface area contributed by atoms with Gasteiger partial charge in [-0.1, -0.05) is 6.07 Å². The van der Waals surface area contributed by atoms with Crippen LogP contribution in [0.25, 0.3) is 22.4 Å². The van der Waals surface area contributed by atoms with E-state index >= 15 is 0 Å². The van der Waals surface area contributed by atoms with Crippen LogP contribution in [0, 0.1) is 11.6 Å². The number of nitrogen functional groups attached to an aromatic ring is 1. The topological polar surface area (TPSA) is 54.7 Å². The lowest BCUT2D eigenvalue weighted by Gasteiger charge is -1.99. The quantitative estimate of drug-likeness (QED) is 0.647. The highest BCUT2D eigenvalue weighted by Gasteiger charge is 2.12. The minimum atomic E-state index is -0.491. The fourth-order valence-electron chi connectivity index (χ4n) is 1.85. The molecule has 5 heteroatoms. The number of imidazole rings is 1. The van der Waals surface area contributed by atoms with Gasteiger partial charge in [0.15, 0.2) is 5.82 Å². The van der Waals surface area contributed by atoms with Crippen LogP contribution in [-0.2, 0) is 0 Å². The highest BCUT2D eigenvalue weighted by atomic mass is 19.1. The Kier molecular flexibility index (Phi) is 2.26. The molecule has 0 saturated heterocycles.